The largest absolute Gasteiger partial charge is 0.466 e. The van der Waals surface area contributed by atoms with E-state index in [0.717, 1.165) is 19.3 Å². The number of esters is 1. The van der Waals surface area contributed by atoms with E-state index in [1.165, 1.54) is 14.0 Å². The topological polar surface area (TPSA) is 90.7 Å². The zero-order valence-corrected chi connectivity index (χ0v) is 13.1. The predicted octanol–water partition coefficient (Wildman–Crippen LogP) is 0.897. The molecular formula is C15H26N2O4. The SMILES string of the molecule is CCCCCO[C@@H]1C=C(C(=O)OC)C[C@H](N)[C@H]1NC(C)=O. The molecule has 0 aromatic heterocycles. The number of ether oxygens (including phenoxy) is 2. The summed E-state index contributed by atoms with van der Waals surface area (Å²) in [5.74, 6) is -0.554. The summed E-state index contributed by atoms with van der Waals surface area (Å²) in [6.07, 6.45) is 4.82. The number of hydrogen-bond donors (Lipinski definition) is 2. The van der Waals surface area contributed by atoms with Crippen LogP contribution in [0.25, 0.3) is 0 Å². The summed E-state index contributed by atoms with van der Waals surface area (Å²) in [5.41, 5.74) is 6.59. The van der Waals surface area contributed by atoms with Gasteiger partial charge >= 0.3 is 5.97 Å². The third-order valence-electron chi connectivity index (χ3n) is 3.51. The minimum Gasteiger partial charge on any atom is -0.466 e. The average Bonchev–Trinajstić information content (AvgIpc) is 2.45. The molecule has 3 atom stereocenters. The zero-order chi connectivity index (χ0) is 15.8. The minimum atomic E-state index is -0.399. The highest BCUT2D eigenvalue weighted by Gasteiger charge is 2.34. The number of carbonyl (C=O) groups excluding carboxylic acids is 2. The molecule has 0 bridgehead atoms. The van der Waals surface area contributed by atoms with Crippen molar-refractivity contribution in [1.82, 2.24) is 5.32 Å². The molecule has 0 aromatic carbocycles. The Balaban J connectivity index is 2.79. The van der Waals surface area contributed by atoms with Crippen LogP contribution in [0.3, 0.4) is 0 Å². The van der Waals surface area contributed by atoms with Crippen molar-refractivity contribution in [3.05, 3.63) is 11.6 Å². The van der Waals surface area contributed by atoms with Crippen molar-refractivity contribution in [3.8, 4) is 0 Å². The summed E-state index contributed by atoms with van der Waals surface area (Å²) < 4.78 is 10.6. The Hall–Kier alpha value is -1.40. The van der Waals surface area contributed by atoms with Crippen molar-refractivity contribution in [2.24, 2.45) is 5.73 Å². The molecule has 0 aliphatic heterocycles. The Morgan fingerprint density at radius 2 is 2.14 bits per heavy atom. The smallest absolute Gasteiger partial charge is 0.333 e. The summed E-state index contributed by atoms with van der Waals surface area (Å²) in [7, 11) is 1.34. The highest BCUT2D eigenvalue weighted by molar-refractivity contribution is 5.89. The molecule has 6 nitrogen and oxygen atoms in total. The number of nitrogens with two attached hydrogens (primary N) is 1. The van der Waals surface area contributed by atoms with Gasteiger partial charge in [-0.25, -0.2) is 4.79 Å². The van der Waals surface area contributed by atoms with Gasteiger partial charge in [-0.1, -0.05) is 19.8 Å². The van der Waals surface area contributed by atoms with Crippen LogP contribution in [0.2, 0.25) is 0 Å². The normalized spacial score (nSPS) is 25.1. The number of methoxy groups -OCH3 is 1. The van der Waals surface area contributed by atoms with E-state index < -0.39 is 12.1 Å². The van der Waals surface area contributed by atoms with Crippen LogP contribution in [-0.4, -0.2) is 43.8 Å². The van der Waals surface area contributed by atoms with E-state index in [1.54, 1.807) is 6.08 Å². The monoisotopic (exact) mass is 298 g/mol. The first-order valence-corrected chi connectivity index (χ1v) is 7.42. The summed E-state index contributed by atoms with van der Waals surface area (Å²) in [6.45, 7) is 4.14. The Bertz CT molecular complexity index is 395. The lowest BCUT2D eigenvalue weighted by atomic mass is 9.88. The van der Waals surface area contributed by atoms with Gasteiger partial charge in [0.1, 0.15) is 0 Å². The van der Waals surface area contributed by atoms with Crippen LogP contribution in [0.1, 0.15) is 39.5 Å². The van der Waals surface area contributed by atoms with Crippen LogP contribution in [0, 0.1) is 0 Å². The zero-order valence-electron chi connectivity index (χ0n) is 13.1. The van der Waals surface area contributed by atoms with E-state index in [2.05, 4.69) is 12.2 Å². The summed E-state index contributed by atoms with van der Waals surface area (Å²) in [6, 6.07) is -0.693. The first kappa shape index (κ1) is 17.7. The van der Waals surface area contributed by atoms with Crippen molar-refractivity contribution in [2.45, 2.75) is 57.7 Å². The molecule has 0 radical (unpaired) electrons. The van der Waals surface area contributed by atoms with E-state index in [-0.39, 0.29) is 18.0 Å². The molecule has 0 unspecified atom stereocenters. The fourth-order valence-corrected chi connectivity index (χ4v) is 2.42. The van der Waals surface area contributed by atoms with Crippen LogP contribution < -0.4 is 11.1 Å². The maximum Gasteiger partial charge on any atom is 0.333 e. The molecule has 21 heavy (non-hydrogen) atoms. The third kappa shape index (κ3) is 5.47. The Morgan fingerprint density at radius 1 is 1.43 bits per heavy atom. The van der Waals surface area contributed by atoms with Gasteiger partial charge < -0.3 is 20.5 Å². The average molecular weight is 298 g/mol. The summed E-state index contributed by atoms with van der Waals surface area (Å²) in [5, 5.41) is 2.81. The molecular weight excluding hydrogens is 272 g/mol. The Labute approximate surface area is 126 Å². The molecule has 0 saturated carbocycles. The van der Waals surface area contributed by atoms with Crippen molar-refractivity contribution in [3.63, 3.8) is 0 Å². The molecule has 0 spiro atoms. The second-order valence-electron chi connectivity index (χ2n) is 5.32. The number of amides is 1. The molecule has 0 aromatic rings. The second kappa shape index (κ2) is 8.79. The predicted molar refractivity (Wildman–Crippen MR) is 79.6 cm³/mol. The van der Waals surface area contributed by atoms with Gasteiger partial charge in [0.15, 0.2) is 0 Å². The lowest BCUT2D eigenvalue weighted by Gasteiger charge is -2.34. The molecule has 0 fully saturated rings. The van der Waals surface area contributed by atoms with E-state index in [9.17, 15) is 9.59 Å². The molecule has 1 aliphatic carbocycles. The van der Waals surface area contributed by atoms with Crippen molar-refractivity contribution < 1.29 is 19.1 Å². The standard InChI is InChI=1S/C15H26N2O4/c1-4-5-6-7-21-13-9-11(15(19)20-3)8-12(16)14(13)17-10(2)18/h9,12-14H,4-8,16H2,1-3H3,(H,17,18)/t12-,13+,14+/m0/s1. The fraction of sp³-hybridized carbons (Fsp3) is 0.733. The molecule has 1 aliphatic rings. The third-order valence-corrected chi connectivity index (χ3v) is 3.51. The van der Waals surface area contributed by atoms with Gasteiger partial charge in [0.25, 0.3) is 0 Å². The molecule has 3 N–H and O–H groups in total. The number of unbranched alkanes of at least 4 members (excludes halogenated alkanes) is 2. The van der Waals surface area contributed by atoms with Crippen molar-refractivity contribution in [2.75, 3.05) is 13.7 Å². The van der Waals surface area contributed by atoms with Crippen LogP contribution in [-0.2, 0) is 19.1 Å². The minimum absolute atomic E-state index is 0.160. The van der Waals surface area contributed by atoms with Crippen molar-refractivity contribution in [1.29, 1.82) is 0 Å². The molecule has 0 saturated heterocycles. The summed E-state index contributed by atoms with van der Waals surface area (Å²) >= 11 is 0. The first-order chi connectivity index (χ1) is 9.99. The molecule has 1 rings (SSSR count). The van der Waals surface area contributed by atoms with Crippen molar-refractivity contribution >= 4 is 11.9 Å². The van der Waals surface area contributed by atoms with Gasteiger partial charge in [0.05, 0.1) is 19.3 Å². The van der Waals surface area contributed by atoms with Crippen LogP contribution in [0.4, 0.5) is 0 Å². The van der Waals surface area contributed by atoms with Gasteiger partial charge in [-0.3, -0.25) is 4.79 Å². The van der Waals surface area contributed by atoms with Gasteiger partial charge in [-0.15, -0.1) is 0 Å². The maximum atomic E-state index is 11.7. The quantitative estimate of drug-likeness (QED) is 0.538. The lowest BCUT2D eigenvalue weighted by molar-refractivity contribution is -0.136. The molecule has 120 valence electrons. The van der Waals surface area contributed by atoms with Gasteiger partial charge in [-0.05, 0) is 18.9 Å². The fourth-order valence-electron chi connectivity index (χ4n) is 2.42. The number of carbonyl (C=O) groups is 2. The van der Waals surface area contributed by atoms with E-state index in [1.807, 2.05) is 0 Å². The lowest BCUT2D eigenvalue weighted by Crippen LogP contribution is -2.56. The van der Waals surface area contributed by atoms with E-state index in [0.29, 0.717) is 18.6 Å². The van der Waals surface area contributed by atoms with E-state index >= 15 is 0 Å². The molecule has 0 heterocycles. The Kier molecular flexibility index (Phi) is 7.39. The van der Waals surface area contributed by atoms with Gasteiger partial charge in [0, 0.05) is 25.1 Å². The first-order valence-electron chi connectivity index (χ1n) is 7.42. The van der Waals surface area contributed by atoms with E-state index in [4.69, 9.17) is 15.2 Å². The number of nitrogens with one attached hydrogen (secondary N) is 1. The molecule has 1 amide bonds. The maximum absolute atomic E-state index is 11.7. The van der Waals surface area contributed by atoms with Gasteiger partial charge in [0.2, 0.25) is 5.91 Å². The Morgan fingerprint density at radius 3 is 2.71 bits per heavy atom. The summed E-state index contributed by atoms with van der Waals surface area (Å²) in [4.78, 5) is 23.0. The van der Waals surface area contributed by atoms with Crippen LogP contribution in [0.5, 0.6) is 0 Å². The highest BCUT2D eigenvalue weighted by atomic mass is 16.5. The van der Waals surface area contributed by atoms with Gasteiger partial charge in [-0.2, -0.15) is 0 Å². The van der Waals surface area contributed by atoms with Crippen LogP contribution in [0.15, 0.2) is 11.6 Å². The number of rotatable bonds is 7. The second-order valence-corrected chi connectivity index (χ2v) is 5.32. The van der Waals surface area contributed by atoms with Crippen LogP contribution >= 0.6 is 0 Å². The number of hydrogen-bond acceptors (Lipinski definition) is 5. The highest BCUT2D eigenvalue weighted by Crippen LogP contribution is 2.22. The molecule has 6 heteroatoms.